The van der Waals surface area contributed by atoms with E-state index < -0.39 is 10.0 Å². The van der Waals surface area contributed by atoms with Crippen LogP contribution in [0.3, 0.4) is 0 Å². The van der Waals surface area contributed by atoms with E-state index in [0.29, 0.717) is 23.9 Å². The van der Waals surface area contributed by atoms with Gasteiger partial charge in [-0.05, 0) is 47.7 Å². The molecule has 0 amide bonds. The van der Waals surface area contributed by atoms with Gasteiger partial charge in [0.05, 0.1) is 4.90 Å². The highest BCUT2D eigenvalue weighted by Gasteiger charge is 2.49. The van der Waals surface area contributed by atoms with Crippen molar-refractivity contribution >= 4 is 10.0 Å². The molecule has 0 aromatic heterocycles. The van der Waals surface area contributed by atoms with Crippen LogP contribution in [-0.2, 0) is 10.0 Å². The lowest BCUT2D eigenvalue weighted by Crippen LogP contribution is -2.72. The third kappa shape index (κ3) is 3.18. The van der Waals surface area contributed by atoms with Gasteiger partial charge in [-0.25, -0.2) is 8.42 Å². The number of fused-ring (bicyclic) bond motifs is 2. The Hall–Kier alpha value is -2.47. The predicted molar refractivity (Wildman–Crippen MR) is 120 cm³/mol. The highest BCUT2D eigenvalue weighted by atomic mass is 32.2. The van der Waals surface area contributed by atoms with Crippen molar-refractivity contribution in [2.75, 3.05) is 13.1 Å². The van der Waals surface area contributed by atoms with Crippen molar-refractivity contribution in [3.05, 3.63) is 89.5 Å². The van der Waals surface area contributed by atoms with Crippen molar-refractivity contribution in [2.24, 2.45) is 0 Å². The number of nitrogens with zero attached hydrogens (tertiary/aromatic N) is 1. The molecule has 30 heavy (non-hydrogen) atoms. The maximum atomic E-state index is 13.1. The summed E-state index contributed by atoms with van der Waals surface area (Å²) in [5, 5.41) is 3.55. The van der Waals surface area contributed by atoms with E-state index in [9.17, 15) is 8.42 Å². The number of sulfonamides is 1. The molecule has 154 valence electrons. The maximum Gasteiger partial charge on any atom is 0.243 e. The Morgan fingerprint density at radius 3 is 2.03 bits per heavy atom. The molecule has 3 aromatic rings. The smallest absolute Gasteiger partial charge is 0.243 e. The van der Waals surface area contributed by atoms with E-state index in [4.69, 9.17) is 0 Å². The molecule has 1 N–H and O–H groups in total. The highest BCUT2D eigenvalue weighted by Crippen LogP contribution is 2.39. The molecule has 3 aliphatic rings. The van der Waals surface area contributed by atoms with E-state index in [1.807, 2.05) is 19.1 Å². The first kappa shape index (κ1) is 19.5. The summed E-state index contributed by atoms with van der Waals surface area (Å²) in [4.78, 5) is 0.422. The van der Waals surface area contributed by atoms with Crippen molar-refractivity contribution in [3.63, 3.8) is 0 Å². The molecule has 3 aromatic carbocycles. The minimum absolute atomic E-state index is 0.159. The quantitative estimate of drug-likeness (QED) is 0.694. The third-order valence-electron chi connectivity index (χ3n) is 6.56. The standard InChI is InChI=1S/C25H26N2O2S/c1-17-7-3-5-9-21(17)19-11-13-20(14-12-19)25-22-15-27(16-23(25)26-22)30(28,29)24-10-6-4-8-18(24)2/h3-14,22-23,25-26H,15-16H2,1-2H3/t22-,23+,25?. The van der Waals surface area contributed by atoms with Crippen LogP contribution in [0, 0.1) is 13.8 Å². The van der Waals surface area contributed by atoms with Gasteiger partial charge in [0.25, 0.3) is 0 Å². The van der Waals surface area contributed by atoms with Crippen LogP contribution in [0.4, 0.5) is 0 Å². The molecule has 0 spiro atoms. The summed E-state index contributed by atoms with van der Waals surface area (Å²) < 4.78 is 28.0. The second-order valence-electron chi connectivity index (χ2n) is 8.43. The number of hydrogen-bond donors (Lipinski definition) is 1. The summed E-state index contributed by atoms with van der Waals surface area (Å²) in [6, 6.07) is 24.8. The molecule has 2 bridgehead atoms. The molecule has 3 aliphatic heterocycles. The Morgan fingerprint density at radius 1 is 0.800 bits per heavy atom. The summed E-state index contributed by atoms with van der Waals surface area (Å²) in [6.07, 6.45) is 0. The van der Waals surface area contributed by atoms with Gasteiger partial charge >= 0.3 is 0 Å². The Labute approximate surface area is 178 Å². The monoisotopic (exact) mass is 418 g/mol. The van der Waals surface area contributed by atoms with Gasteiger partial charge in [-0.2, -0.15) is 4.31 Å². The van der Waals surface area contributed by atoms with E-state index >= 15 is 0 Å². The normalized spacial score (nSPS) is 23.7. The molecule has 0 radical (unpaired) electrons. The van der Waals surface area contributed by atoms with Crippen molar-refractivity contribution in [3.8, 4) is 11.1 Å². The summed E-state index contributed by atoms with van der Waals surface area (Å²) in [5.41, 5.74) is 5.83. The average molecular weight is 419 g/mol. The fourth-order valence-electron chi connectivity index (χ4n) is 4.92. The van der Waals surface area contributed by atoms with Gasteiger partial charge in [0.15, 0.2) is 0 Å². The average Bonchev–Trinajstić information content (AvgIpc) is 2.75. The minimum Gasteiger partial charge on any atom is -0.307 e. The molecule has 0 saturated carbocycles. The molecule has 4 nitrogen and oxygen atoms in total. The Balaban J connectivity index is 1.34. The second-order valence-corrected chi connectivity index (χ2v) is 10.3. The van der Waals surface area contributed by atoms with Gasteiger partial charge in [0.2, 0.25) is 10.0 Å². The number of benzene rings is 3. The van der Waals surface area contributed by atoms with Crippen LogP contribution < -0.4 is 5.32 Å². The molecule has 5 heteroatoms. The van der Waals surface area contributed by atoms with Gasteiger partial charge in [-0.1, -0.05) is 66.7 Å². The van der Waals surface area contributed by atoms with Crippen molar-refractivity contribution in [2.45, 2.75) is 36.7 Å². The van der Waals surface area contributed by atoms with Gasteiger partial charge in [-0.15, -0.1) is 0 Å². The molecule has 3 fully saturated rings. The van der Waals surface area contributed by atoms with Gasteiger partial charge in [0.1, 0.15) is 0 Å². The summed E-state index contributed by atoms with van der Waals surface area (Å²) in [5.74, 6) is 0.360. The topological polar surface area (TPSA) is 49.4 Å². The molecule has 3 heterocycles. The van der Waals surface area contributed by atoms with Crippen LogP contribution in [0.5, 0.6) is 0 Å². The Morgan fingerprint density at radius 2 is 1.40 bits per heavy atom. The largest absolute Gasteiger partial charge is 0.307 e. The highest BCUT2D eigenvalue weighted by molar-refractivity contribution is 7.89. The fourth-order valence-corrected chi connectivity index (χ4v) is 6.63. The van der Waals surface area contributed by atoms with Gasteiger partial charge in [-0.3, -0.25) is 0 Å². The number of piperazine rings is 1. The zero-order valence-electron chi connectivity index (χ0n) is 17.2. The summed E-state index contributed by atoms with van der Waals surface area (Å²) >= 11 is 0. The fraction of sp³-hybridized carbons (Fsp3) is 0.280. The van der Waals surface area contributed by atoms with Crippen LogP contribution in [0.2, 0.25) is 0 Å². The lowest BCUT2D eigenvalue weighted by molar-refractivity contribution is 0.102. The van der Waals surface area contributed by atoms with Crippen LogP contribution in [0.15, 0.2) is 77.7 Å². The Bertz CT molecular complexity index is 1180. The SMILES string of the molecule is Cc1ccccc1-c1ccc(C2[C@@H]3CN(S(=O)(=O)c4ccccc4C)C[C@H]2N3)cc1. The first-order chi connectivity index (χ1) is 14.4. The van der Waals surface area contributed by atoms with E-state index in [2.05, 4.69) is 60.8 Å². The molecular weight excluding hydrogens is 392 g/mol. The number of piperidine rings is 1. The van der Waals surface area contributed by atoms with E-state index in [0.717, 1.165) is 5.56 Å². The number of rotatable bonds is 4. The summed E-state index contributed by atoms with van der Waals surface area (Å²) in [7, 11) is -3.46. The second kappa shape index (κ2) is 7.34. The Kier molecular flexibility index (Phi) is 4.77. The van der Waals surface area contributed by atoms with Gasteiger partial charge < -0.3 is 5.32 Å². The number of nitrogens with one attached hydrogen (secondary N) is 1. The van der Waals surface area contributed by atoms with E-state index in [1.165, 1.54) is 22.3 Å². The predicted octanol–water partition coefficient (Wildman–Crippen LogP) is 4.10. The maximum absolute atomic E-state index is 13.1. The van der Waals surface area contributed by atoms with Crippen LogP contribution >= 0.6 is 0 Å². The van der Waals surface area contributed by atoms with Crippen molar-refractivity contribution < 1.29 is 8.42 Å². The zero-order chi connectivity index (χ0) is 20.9. The van der Waals surface area contributed by atoms with E-state index in [-0.39, 0.29) is 12.1 Å². The number of aryl methyl sites for hydroxylation is 2. The van der Waals surface area contributed by atoms with Gasteiger partial charge in [0, 0.05) is 31.1 Å². The molecule has 0 aliphatic carbocycles. The van der Waals surface area contributed by atoms with Crippen molar-refractivity contribution in [1.82, 2.24) is 9.62 Å². The molecule has 3 atom stereocenters. The number of hydrogen-bond acceptors (Lipinski definition) is 3. The molecule has 1 unspecified atom stereocenters. The molecular formula is C25H26N2O2S. The molecule has 3 saturated heterocycles. The van der Waals surface area contributed by atoms with Crippen LogP contribution in [0.1, 0.15) is 22.6 Å². The first-order valence-corrected chi connectivity index (χ1v) is 11.9. The van der Waals surface area contributed by atoms with Crippen molar-refractivity contribution in [1.29, 1.82) is 0 Å². The third-order valence-corrected chi connectivity index (χ3v) is 8.55. The zero-order valence-corrected chi connectivity index (χ0v) is 18.1. The van der Waals surface area contributed by atoms with Crippen LogP contribution in [-0.4, -0.2) is 37.9 Å². The van der Waals surface area contributed by atoms with E-state index in [1.54, 1.807) is 16.4 Å². The van der Waals surface area contributed by atoms with Crippen LogP contribution in [0.25, 0.3) is 11.1 Å². The lowest BCUT2D eigenvalue weighted by Gasteiger charge is -2.54. The lowest BCUT2D eigenvalue weighted by atomic mass is 9.75. The first-order valence-electron chi connectivity index (χ1n) is 10.4. The molecule has 6 rings (SSSR count). The minimum atomic E-state index is -3.46. The summed E-state index contributed by atoms with van der Waals surface area (Å²) in [6.45, 7) is 5.01.